The minimum absolute atomic E-state index is 0.0659. The number of rotatable bonds is 5. The van der Waals surface area contributed by atoms with Gasteiger partial charge in [0.25, 0.3) is 5.91 Å². The summed E-state index contributed by atoms with van der Waals surface area (Å²) in [4.78, 5) is 33.9. The van der Waals surface area contributed by atoms with Crippen LogP contribution in [0.2, 0.25) is 0 Å². The average molecular weight is 450 g/mol. The van der Waals surface area contributed by atoms with Crippen LogP contribution in [0.15, 0.2) is 47.8 Å². The molecule has 1 aromatic heterocycles. The van der Waals surface area contributed by atoms with Crippen molar-refractivity contribution in [1.82, 2.24) is 14.8 Å². The summed E-state index contributed by atoms with van der Waals surface area (Å²) in [6.45, 7) is 6.21. The number of methoxy groups -OCH3 is 1. The SMILES string of the molecule is COc1cccc(CC(=O)N2CCN(C(=O)c3csc(-c4ccc(C)cc4C)n3)CC2)c1. The largest absolute Gasteiger partial charge is 0.497 e. The Kier molecular flexibility index (Phi) is 6.55. The molecule has 4 rings (SSSR count). The number of hydrogen-bond acceptors (Lipinski definition) is 5. The lowest BCUT2D eigenvalue weighted by atomic mass is 10.1. The van der Waals surface area contributed by atoms with Crippen molar-refractivity contribution in [2.75, 3.05) is 33.3 Å². The molecule has 6 nitrogen and oxygen atoms in total. The smallest absolute Gasteiger partial charge is 0.273 e. The Bertz CT molecular complexity index is 1130. The Morgan fingerprint density at radius 2 is 1.78 bits per heavy atom. The van der Waals surface area contributed by atoms with Crippen LogP contribution in [0, 0.1) is 13.8 Å². The molecule has 2 aromatic carbocycles. The third-order valence-corrected chi connectivity index (χ3v) is 6.62. The molecule has 166 valence electrons. The number of benzene rings is 2. The zero-order valence-electron chi connectivity index (χ0n) is 18.6. The third kappa shape index (κ3) is 4.83. The monoisotopic (exact) mass is 449 g/mol. The Labute approximate surface area is 192 Å². The van der Waals surface area contributed by atoms with E-state index in [1.165, 1.54) is 16.9 Å². The van der Waals surface area contributed by atoms with Gasteiger partial charge >= 0.3 is 0 Å². The normalized spacial score (nSPS) is 13.8. The Balaban J connectivity index is 1.35. The van der Waals surface area contributed by atoms with Crippen molar-refractivity contribution in [3.63, 3.8) is 0 Å². The molecule has 0 N–H and O–H groups in total. The van der Waals surface area contributed by atoms with Crippen LogP contribution in [0.5, 0.6) is 5.75 Å². The highest BCUT2D eigenvalue weighted by atomic mass is 32.1. The first kappa shape index (κ1) is 22.0. The topological polar surface area (TPSA) is 62.7 Å². The molecule has 7 heteroatoms. The van der Waals surface area contributed by atoms with Crippen LogP contribution < -0.4 is 4.74 Å². The zero-order valence-corrected chi connectivity index (χ0v) is 19.4. The molecule has 2 heterocycles. The zero-order chi connectivity index (χ0) is 22.7. The first-order valence-corrected chi connectivity index (χ1v) is 11.6. The molecule has 0 spiro atoms. The molecule has 1 aliphatic rings. The van der Waals surface area contributed by atoms with E-state index < -0.39 is 0 Å². The third-order valence-electron chi connectivity index (χ3n) is 5.74. The van der Waals surface area contributed by atoms with E-state index >= 15 is 0 Å². The van der Waals surface area contributed by atoms with Gasteiger partial charge in [-0.1, -0.05) is 35.9 Å². The summed E-state index contributed by atoms with van der Waals surface area (Å²) < 4.78 is 5.23. The van der Waals surface area contributed by atoms with Gasteiger partial charge in [0.15, 0.2) is 0 Å². The average Bonchev–Trinajstić information content (AvgIpc) is 3.28. The Morgan fingerprint density at radius 3 is 2.50 bits per heavy atom. The number of nitrogens with zero attached hydrogens (tertiary/aromatic N) is 3. The lowest BCUT2D eigenvalue weighted by Crippen LogP contribution is -2.51. The lowest BCUT2D eigenvalue weighted by molar-refractivity contribution is -0.131. The van der Waals surface area contributed by atoms with Gasteiger partial charge in [-0.05, 0) is 37.1 Å². The van der Waals surface area contributed by atoms with Gasteiger partial charge in [-0.25, -0.2) is 4.98 Å². The van der Waals surface area contributed by atoms with Gasteiger partial charge in [0, 0.05) is 37.1 Å². The predicted octanol–water partition coefficient (Wildman–Crippen LogP) is 3.96. The molecular formula is C25H27N3O3S. The van der Waals surface area contributed by atoms with Gasteiger partial charge in [0.1, 0.15) is 16.5 Å². The second-order valence-electron chi connectivity index (χ2n) is 8.06. The molecule has 0 saturated carbocycles. The van der Waals surface area contributed by atoms with E-state index in [1.807, 2.05) is 34.5 Å². The molecule has 0 atom stereocenters. The summed E-state index contributed by atoms with van der Waals surface area (Å²) >= 11 is 1.49. The van der Waals surface area contributed by atoms with Crippen LogP contribution in [-0.2, 0) is 11.2 Å². The fourth-order valence-electron chi connectivity index (χ4n) is 3.94. The van der Waals surface area contributed by atoms with Crippen LogP contribution in [0.25, 0.3) is 10.6 Å². The van der Waals surface area contributed by atoms with Crippen LogP contribution in [-0.4, -0.2) is 59.9 Å². The fourth-order valence-corrected chi connectivity index (χ4v) is 4.82. The number of amides is 2. The molecule has 0 unspecified atom stereocenters. The molecule has 2 amide bonds. The highest BCUT2D eigenvalue weighted by molar-refractivity contribution is 7.13. The summed E-state index contributed by atoms with van der Waals surface area (Å²) in [7, 11) is 1.62. The Morgan fingerprint density at radius 1 is 1.03 bits per heavy atom. The minimum Gasteiger partial charge on any atom is -0.497 e. The quantitative estimate of drug-likeness (QED) is 0.592. The molecule has 1 fully saturated rings. The summed E-state index contributed by atoms with van der Waals surface area (Å²) in [6.07, 6.45) is 0.330. The van der Waals surface area contributed by atoms with E-state index in [4.69, 9.17) is 4.74 Å². The van der Waals surface area contributed by atoms with Crippen molar-refractivity contribution >= 4 is 23.2 Å². The number of piperazine rings is 1. The summed E-state index contributed by atoms with van der Waals surface area (Å²) in [6, 6.07) is 13.8. The van der Waals surface area contributed by atoms with Crippen molar-refractivity contribution in [2.24, 2.45) is 0 Å². The van der Waals surface area contributed by atoms with E-state index in [9.17, 15) is 9.59 Å². The van der Waals surface area contributed by atoms with Gasteiger partial charge in [-0.3, -0.25) is 9.59 Å². The molecule has 0 radical (unpaired) electrons. The Hall–Kier alpha value is -3.19. The molecule has 1 aliphatic heterocycles. The van der Waals surface area contributed by atoms with Gasteiger partial charge in [-0.2, -0.15) is 0 Å². The number of aromatic nitrogens is 1. The molecule has 32 heavy (non-hydrogen) atoms. The van der Waals surface area contributed by atoms with Gasteiger partial charge in [0.05, 0.1) is 13.5 Å². The number of carbonyl (C=O) groups is 2. The van der Waals surface area contributed by atoms with Crippen molar-refractivity contribution in [1.29, 1.82) is 0 Å². The highest BCUT2D eigenvalue weighted by Gasteiger charge is 2.26. The second kappa shape index (κ2) is 9.53. The summed E-state index contributed by atoms with van der Waals surface area (Å²) in [5, 5.41) is 2.69. The van der Waals surface area contributed by atoms with Crippen molar-refractivity contribution in [3.05, 3.63) is 70.2 Å². The van der Waals surface area contributed by atoms with Crippen molar-refractivity contribution in [3.8, 4) is 16.3 Å². The van der Waals surface area contributed by atoms with Crippen molar-refractivity contribution < 1.29 is 14.3 Å². The fraction of sp³-hybridized carbons (Fsp3) is 0.320. The number of ether oxygens (including phenoxy) is 1. The summed E-state index contributed by atoms with van der Waals surface area (Å²) in [5.41, 5.74) is 4.82. The molecule has 3 aromatic rings. The number of hydrogen-bond donors (Lipinski definition) is 0. The maximum absolute atomic E-state index is 13.0. The molecule has 0 aliphatic carbocycles. The maximum atomic E-state index is 13.0. The van der Waals surface area contributed by atoms with E-state index in [-0.39, 0.29) is 11.8 Å². The molecule has 1 saturated heterocycles. The van der Waals surface area contributed by atoms with Crippen LogP contribution >= 0.6 is 11.3 Å². The first-order chi connectivity index (χ1) is 15.4. The van der Waals surface area contributed by atoms with E-state index in [1.54, 1.807) is 12.0 Å². The lowest BCUT2D eigenvalue weighted by Gasteiger charge is -2.34. The van der Waals surface area contributed by atoms with Crippen LogP contribution in [0.1, 0.15) is 27.2 Å². The van der Waals surface area contributed by atoms with E-state index in [0.29, 0.717) is 38.3 Å². The number of thiazole rings is 1. The van der Waals surface area contributed by atoms with Crippen LogP contribution in [0.3, 0.4) is 0 Å². The van der Waals surface area contributed by atoms with Gasteiger partial charge < -0.3 is 14.5 Å². The maximum Gasteiger partial charge on any atom is 0.273 e. The molecular weight excluding hydrogens is 422 g/mol. The predicted molar refractivity (Wildman–Crippen MR) is 126 cm³/mol. The first-order valence-electron chi connectivity index (χ1n) is 10.7. The van der Waals surface area contributed by atoms with E-state index in [2.05, 4.69) is 37.0 Å². The second-order valence-corrected chi connectivity index (χ2v) is 8.92. The van der Waals surface area contributed by atoms with Gasteiger partial charge in [0.2, 0.25) is 5.91 Å². The number of aryl methyl sites for hydroxylation is 2. The van der Waals surface area contributed by atoms with Gasteiger partial charge in [-0.15, -0.1) is 11.3 Å². The van der Waals surface area contributed by atoms with Crippen molar-refractivity contribution in [2.45, 2.75) is 20.3 Å². The molecule has 0 bridgehead atoms. The standard InChI is InChI=1S/C25H27N3O3S/c1-17-7-8-21(18(2)13-17)24-26-22(16-32-24)25(30)28-11-9-27(10-12-28)23(29)15-19-5-4-6-20(14-19)31-3/h4-8,13-14,16H,9-12,15H2,1-3H3. The van der Waals surface area contributed by atoms with E-state index in [0.717, 1.165) is 27.4 Å². The van der Waals surface area contributed by atoms with Crippen LogP contribution in [0.4, 0.5) is 0 Å². The highest BCUT2D eigenvalue weighted by Crippen LogP contribution is 2.28. The minimum atomic E-state index is -0.0721. The summed E-state index contributed by atoms with van der Waals surface area (Å²) in [5.74, 6) is 0.738. The number of carbonyl (C=O) groups excluding carboxylic acids is 2.